The number of rotatable bonds is 8. The summed E-state index contributed by atoms with van der Waals surface area (Å²) in [7, 11) is 1.21. The van der Waals surface area contributed by atoms with Crippen LogP contribution in [-0.4, -0.2) is 45.9 Å². The highest BCUT2D eigenvalue weighted by Crippen LogP contribution is 2.22. The van der Waals surface area contributed by atoms with Crippen LogP contribution in [0.15, 0.2) is 52.4 Å². The molecule has 0 amide bonds. The predicted molar refractivity (Wildman–Crippen MR) is 137 cm³/mol. The lowest BCUT2D eigenvalue weighted by molar-refractivity contribution is 0.239. The van der Waals surface area contributed by atoms with Gasteiger partial charge in [0, 0.05) is 39.8 Å². The van der Waals surface area contributed by atoms with Crippen molar-refractivity contribution in [3.63, 3.8) is 0 Å². The Bertz CT molecular complexity index is 992. The minimum atomic E-state index is -3.52. The number of halogens is 1. The third-order valence-corrected chi connectivity index (χ3v) is 6.35. The van der Waals surface area contributed by atoms with Crippen LogP contribution in [-0.2, 0) is 23.1 Å². The molecule has 0 aromatic heterocycles. The average Bonchev–Trinajstić information content (AvgIpc) is 2.69. The number of sulfonamides is 1. The van der Waals surface area contributed by atoms with Crippen LogP contribution in [0, 0.1) is 6.92 Å². The van der Waals surface area contributed by atoms with E-state index < -0.39 is 10.0 Å². The van der Waals surface area contributed by atoms with Gasteiger partial charge < -0.3 is 15.4 Å². The normalized spacial score (nSPS) is 11.9. The molecule has 0 aliphatic rings. The van der Waals surface area contributed by atoms with Gasteiger partial charge in [0.25, 0.3) is 0 Å². The molecule has 0 radical (unpaired) electrons. The molecule has 7 nitrogen and oxygen atoms in total. The summed E-state index contributed by atoms with van der Waals surface area (Å²) < 4.78 is 32.3. The van der Waals surface area contributed by atoms with Crippen LogP contribution in [0.2, 0.25) is 0 Å². The van der Waals surface area contributed by atoms with Crippen LogP contribution in [0.5, 0.6) is 5.75 Å². The second kappa shape index (κ2) is 12.3. The quantitative estimate of drug-likeness (QED) is 0.294. The lowest BCUT2D eigenvalue weighted by Crippen LogP contribution is -2.37. The fourth-order valence-electron chi connectivity index (χ4n) is 2.85. The molecule has 0 spiro atoms. The third-order valence-electron chi connectivity index (χ3n) is 4.43. The van der Waals surface area contributed by atoms with Crippen molar-refractivity contribution in [1.29, 1.82) is 0 Å². The first-order valence-electron chi connectivity index (χ1n) is 9.86. The number of nitrogens with one attached hydrogen (secondary N) is 2. The highest BCUT2D eigenvalue weighted by Gasteiger charge is 2.20. The first-order chi connectivity index (χ1) is 14.1. The summed E-state index contributed by atoms with van der Waals surface area (Å²) in [6.07, 6.45) is 0.0816. The van der Waals surface area contributed by atoms with E-state index in [1.54, 1.807) is 25.2 Å². The Balaban J connectivity index is 0.00000480. The maximum Gasteiger partial charge on any atom is 0.242 e. The summed E-state index contributed by atoms with van der Waals surface area (Å²) in [6.45, 7) is 6.88. The molecule has 31 heavy (non-hydrogen) atoms. The second-order valence-corrected chi connectivity index (χ2v) is 9.57. The van der Waals surface area contributed by atoms with Crippen molar-refractivity contribution in [2.75, 3.05) is 21.1 Å². The van der Waals surface area contributed by atoms with Crippen molar-refractivity contribution in [2.24, 2.45) is 4.99 Å². The van der Waals surface area contributed by atoms with Gasteiger partial charge in [-0.3, -0.25) is 4.99 Å². The van der Waals surface area contributed by atoms with Gasteiger partial charge in [-0.25, -0.2) is 12.7 Å². The largest absolute Gasteiger partial charge is 0.491 e. The Labute approximate surface area is 203 Å². The molecule has 0 aliphatic heterocycles. The number of aliphatic imine (C=N–C) groups is 1. The molecule has 0 atom stereocenters. The summed E-state index contributed by atoms with van der Waals surface area (Å²) in [5.41, 5.74) is 2.83. The number of guanidine groups is 1. The fraction of sp³-hybridized carbons (Fsp3) is 0.409. The minimum absolute atomic E-state index is 0. The summed E-state index contributed by atoms with van der Waals surface area (Å²) in [6, 6.07) is 13.1. The van der Waals surface area contributed by atoms with Gasteiger partial charge in [0.2, 0.25) is 10.0 Å². The first kappa shape index (κ1) is 27.2. The average molecular weight is 561 g/mol. The zero-order valence-electron chi connectivity index (χ0n) is 19.0. The molecule has 2 N–H and O–H groups in total. The van der Waals surface area contributed by atoms with Crippen LogP contribution in [0.4, 0.5) is 0 Å². The van der Waals surface area contributed by atoms with E-state index in [1.165, 1.54) is 18.4 Å². The van der Waals surface area contributed by atoms with E-state index in [1.807, 2.05) is 45.0 Å². The third kappa shape index (κ3) is 7.65. The molecular formula is C22H33IN4O3S. The molecule has 0 saturated heterocycles. The molecule has 0 fully saturated rings. The van der Waals surface area contributed by atoms with Gasteiger partial charge in [0.1, 0.15) is 5.75 Å². The van der Waals surface area contributed by atoms with Crippen molar-refractivity contribution in [3.05, 3.63) is 59.2 Å². The van der Waals surface area contributed by atoms with Crippen LogP contribution in [0.1, 0.15) is 30.5 Å². The van der Waals surface area contributed by atoms with Crippen LogP contribution in [0.25, 0.3) is 0 Å². The summed E-state index contributed by atoms with van der Waals surface area (Å²) in [4.78, 5) is 4.53. The number of ether oxygens (including phenoxy) is 1. The number of aryl methyl sites for hydroxylation is 1. The highest BCUT2D eigenvalue weighted by atomic mass is 127. The van der Waals surface area contributed by atoms with Crippen molar-refractivity contribution < 1.29 is 13.2 Å². The molecule has 0 heterocycles. The molecule has 2 rings (SSSR count). The van der Waals surface area contributed by atoms with Gasteiger partial charge in [-0.2, -0.15) is 0 Å². The Morgan fingerprint density at radius 1 is 1.06 bits per heavy atom. The summed E-state index contributed by atoms with van der Waals surface area (Å²) >= 11 is 0. The van der Waals surface area contributed by atoms with Crippen LogP contribution >= 0.6 is 24.0 Å². The number of nitrogens with zero attached hydrogens (tertiary/aromatic N) is 2. The second-order valence-electron chi connectivity index (χ2n) is 7.45. The van der Waals surface area contributed by atoms with Gasteiger partial charge >= 0.3 is 0 Å². The maximum absolute atomic E-state index is 12.6. The summed E-state index contributed by atoms with van der Waals surface area (Å²) in [5.74, 6) is 1.42. The molecule has 2 aromatic rings. The van der Waals surface area contributed by atoms with Crippen molar-refractivity contribution >= 4 is 40.0 Å². The van der Waals surface area contributed by atoms with Crippen LogP contribution in [0.3, 0.4) is 0 Å². The zero-order valence-corrected chi connectivity index (χ0v) is 22.1. The fourth-order valence-corrected chi connectivity index (χ4v) is 3.96. The van der Waals surface area contributed by atoms with Gasteiger partial charge in [0.15, 0.2) is 5.96 Å². The monoisotopic (exact) mass is 560 g/mol. The van der Waals surface area contributed by atoms with Gasteiger partial charge in [0.05, 0.1) is 11.0 Å². The topological polar surface area (TPSA) is 83.0 Å². The summed E-state index contributed by atoms with van der Waals surface area (Å²) in [5, 5.41) is 6.46. The van der Waals surface area contributed by atoms with Gasteiger partial charge in [-0.15, -0.1) is 24.0 Å². The zero-order chi connectivity index (χ0) is 22.3. The molecule has 0 saturated carbocycles. The van der Waals surface area contributed by atoms with E-state index in [2.05, 4.69) is 15.6 Å². The Morgan fingerprint density at radius 2 is 1.68 bits per heavy atom. The molecular weight excluding hydrogens is 527 g/mol. The molecule has 172 valence electrons. The van der Waals surface area contributed by atoms with Crippen molar-refractivity contribution in [1.82, 2.24) is 14.9 Å². The van der Waals surface area contributed by atoms with E-state index in [4.69, 9.17) is 4.74 Å². The maximum atomic E-state index is 12.6. The van der Waals surface area contributed by atoms with Crippen molar-refractivity contribution in [3.8, 4) is 5.75 Å². The van der Waals surface area contributed by atoms with Crippen LogP contribution < -0.4 is 15.4 Å². The molecule has 9 heteroatoms. The van der Waals surface area contributed by atoms with E-state index in [-0.39, 0.29) is 35.0 Å². The lowest BCUT2D eigenvalue weighted by Gasteiger charge is -2.18. The van der Waals surface area contributed by atoms with E-state index in [9.17, 15) is 8.42 Å². The lowest BCUT2D eigenvalue weighted by atomic mass is 10.1. The SMILES string of the molecule is CN=C(NCc1ccc(C)cc1OC(C)C)NCc1ccccc1S(=O)(=O)N(C)C.I. The van der Waals surface area contributed by atoms with Gasteiger partial charge in [-0.05, 0) is 44.0 Å². The minimum Gasteiger partial charge on any atom is -0.491 e. The molecule has 0 aliphatic carbocycles. The number of hydrogen-bond donors (Lipinski definition) is 2. The van der Waals surface area contributed by atoms with E-state index in [0.717, 1.165) is 16.9 Å². The first-order valence-corrected chi connectivity index (χ1v) is 11.3. The Kier molecular flexibility index (Phi) is 10.7. The van der Waals surface area contributed by atoms with Crippen molar-refractivity contribution in [2.45, 2.75) is 44.9 Å². The standard InChI is InChI=1S/C22H32N4O3S.HI/c1-16(2)29-20-13-17(3)11-12-18(20)14-24-22(23-4)25-15-19-9-7-8-10-21(19)30(27,28)26(5)6;/h7-13,16H,14-15H2,1-6H3,(H2,23,24,25);1H. The molecule has 2 aromatic carbocycles. The Hall–Kier alpha value is -1.85. The predicted octanol–water partition coefficient (Wildman–Crippen LogP) is 3.52. The number of benzene rings is 2. The van der Waals surface area contributed by atoms with E-state index in [0.29, 0.717) is 24.6 Å². The Morgan fingerprint density at radius 3 is 2.26 bits per heavy atom. The highest BCUT2D eigenvalue weighted by molar-refractivity contribution is 14.0. The molecule has 0 unspecified atom stereocenters. The number of hydrogen-bond acceptors (Lipinski definition) is 4. The van der Waals surface area contributed by atoms with E-state index >= 15 is 0 Å². The van der Waals surface area contributed by atoms with Gasteiger partial charge in [-0.1, -0.05) is 30.3 Å². The smallest absolute Gasteiger partial charge is 0.242 e. The molecule has 0 bridgehead atoms.